The molecule has 0 aromatic heterocycles. The predicted octanol–water partition coefficient (Wildman–Crippen LogP) is 1.40. The second kappa shape index (κ2) is 16.7. The third-order valence-electron chi connectivity index (χ3n) is 8.56. The standard InChI is InChI=1S/C31H51NO10/c1-8-25-22(16-34)13-17(2)9-10-23(35)18(3)14-21(11-12-33)30(19(4)24(36)15-26(37)41-25)42-31-29(39)27(32(6)7)28(38)20(5)40-31/h9-10,12-13,18-22,24-25,27-31,34,36,38-39H,8,11,14-16H2,1-7H3/b10-9+,17-13+/t18-,19+,20-,21+,22-,24-,25-,27?,28-,29?,30?,31+/m1/s1. The highest BCUT2D eigenvalue weighted by atomic mass is 16.7. The summed E-state index contributed by atoms with van der Waals surface area (Å²) in [6.45, 7) is 8.42. The Morgan fingerprint density at radius 1 is 1.10 bits per heavy atom. The zero-order valence-electron chi connectivity index (χ0n) is 26.0. The summed E-state index contributed by atoms with van der Waals surface area (Å²) in [7, 11) is 3.43. The number of aldehydes is 1. The first-order valence-electron chi connectivity index (χ1n) is 14.9. The van der Waals surface area contributed by atoms with Crippen molar-refractivity contribution in [1.29, 1.82) is 0 Å². The summed E-state index contributed by atoms with van der Waals surface area (Å²) >= 11 is 0. The van der Waals surface area contributed by atoms with Crippen molar-refractivity contribution in [3.63, 3.8) is 0 Å². The van der Waals surface area contributed by atoms with Crippen LogP contribution in [-0.4, -0.2) is 113 Å². The number of hydrogen-bond donors (Lipinski definition) is 4. The molecule has 12 atom stereocenters. The molecule has 2 aliphatic heterocycles. The molecule has 4 N–H and O–H groups in total. The molecule has 11 heteroatoms. The number of ether oxygens (including phenoxy) is 3. The molecule has 2 rings (SSSR count). The molecule has 1 fully saturated rings. The first-order valence-corrected chi connectivity index (χ1v) is 14.9. The monoisotopic (exact) mass is 597 g/mol. The molecule has 2 heterocycles. The van der Waals surface area contributed by atoms with Crippen LogP contribution in [0.15, 0.2) is 23.8 Å². The molecular formula is C31H51NO10. The lowest BCUT2D eigenvalue weighted by atomic mass is 9.79. The lowest BCUT2D eigenvalue weighted by Gasteiger charge is -2.46. The summed E-state index contributed by atoms with van der Waals surface area (Å²) in [5, 5.41) is 43.0. The highest BCUT2D eigenvalue weighted by molar-refractivity contribution is 5.91. The number of rotatable bonds is 7. The first-order chi connectivity index (χ1) is 19.7. The van der Waals surface area contributed by atoms with Gasteiger partial charge in [0, 0.05) is 24.2 Å². The van der Waals surface area contributed by atoms with E-state index in [1.54, 1.807) is 58.8 Å². The van der Waals surface area contributed by atoms with Crippen LogP contribution in [0.3, 0.4) is 0 Å². The van der Waals surface area contributed by atoms with E-state index >= 15 is 0 Å². The van der Waals surface area contributed by atoms with Crippen LogP contribution in [0.1, 0.15) is 60.3 Å². The van der Waals surface area contributed by atoms with Gasteiger partial charge in [-0.3, -0.25) is 9.59 Å². The van der Waals surface area contributed by atoms with Crippen LogP contribution in [0.5, 0.6) is 0 Å². The van der Waals surface area contributed by atoms with Gasteiger partial charge < -0.3 is 44.3 Å². The van der Waals surface area contributed by atoms with E-state index in [1.165, 1.54) is 6.08 Å². The quantitative estimate of drug-likeness (QED) is 0.248. The Bertz CT molecular complexity index is 952. The zero-order valence-corrected chi connectivity index (χ0v) is 26.0. The van der Waals surface area contributed by atoms with Gasteiger partial charge in [0.25, 0.3) is 0 Å². The minimum atomic E-state index is -1.27. The fraction of sp³-hybridized carbons (Fsp3) is 0.774. The zero-order chi connectivity index (χ0) is 31.7. The Morgan fingerprint density at radius 2 is 1.76 bits per heavy atom. The van der Waals surface area contributed by atoms with E-state index in [9.17, 15) is 34.8 Å². The van der Waals surface area contributed by atoms with Gasteiger partial charge in [0.2, 0.25) is 0 Å². The number of carbonyl (C=O) groups is 3. The van der Waals surface area contributed by atoms with Crippen molar-refractivity contribution < 1.29 is 49.0 Å². The topological polar surface area (TPSA) is 163 Å². The molecule has 0 radical (unpaired) electrons. The molecular weight excluding hydrogens is 546 g/mol. The lowest BCUT2D eigenvalue weighted by Crippen LogP contribution is -2.63. The number of aliphatic hydroxyl groups excluding tert-OH is 4. The van der Waals surface area contributed by atoms with Gasteiger partial charge in [0.05, 0.1) is 43.5 Å². The van der Waals surface area contributed by atoms with Crippen LogP contribution in [0.25, 0.3) is 0 Å². The minimum absolute atomic E-state index is 0.000625. The Hall–Kier alpha value is -1.99. The van der Waals surface area contributed by atoms with Gasteiger partial charge >= 0.3 is 5.97 Å². The number of hydrogen-bond acceptors (Lipinski definition) is 11. The van der Waals surface area contributed by atoms with E-state index in [4.69, 9.17) is 14.2 Å². The Morgan fingerprint density at radius 3 is 2.33 bits per heavy atom. The van der Waals surface area contributed by atoms with Gasteiger partial charge in [-0.1, -0.05) is 38.5 Å². The molecule has 1 saturated heterocycles. The molecule has 0 spiro atoms. The second-order valence-electron chi connectivity index (χ2n) is 12.1. The van der Waals surface area contributed by atoms with Crippen molar-refractivity contribution in [2.24, 2.45) is 23.7 Å². The summed E-state index contributed by atoms with van der Waals surface area (Å²) in [5.41, 5.74) is 0.714. The molecule has 0 amide bonds. The molecule has 0 aliphatic carbocycles. The van der Waals surface area contributed by atoms with Crippen molar-refractivity contribution >= 4 is 18.0 Å². The highest BCUT2D eigenvalue weighted by Crippen LogP contribution is 2.34. The van der Waals surface area contributed by atoms with E-state index in [2.05, 4.69) is 0 Å². The molecule has 2 aliphatic rings. The molecule has 0 aromatic carbocycles. The van der Waals surface area contributed by atoms with Crippen molar-refractivity contribution in [2.45, 2.75) is 109 Å². The van der Waals surface area contributed by atoms with Gasteiger partial charge in [-0.05, 0) is 52.8 Å². The molecule has 0 aromatic rings. The van der Waals surface area contributed by atoms with Crippen LogP contribution in [0.2, 0.25) is 0 Å². The maximum Gasteiger partial charge on any atom is 0.308 e. The molecule has 0 saturated carbocycles. The number of aliphatic hydroxyl groups is 4. The van der Waals surface area contributed by atoms with Crippen LogP contribution in [-0.2, 0) is 28.6 Å². The molecule has 240 valence electrons. The summed E-state index contributed by atoms with van der Waals surface area (Å²) in [4.78, 5) is 39.6. The summed E-state index contributed by atoms with van der Waals surface area (Å²) in [5.74, 6) is -3.16. The van der Waals surface area contributed by atoms with Gasteiger partial charge in [0.1, 0.15) is 18.5 Å². The number of nitrogens with zero attached hydrogens (tertiary/aromatic N) is 1. The Balaban J connectivity index is 2.52. The highest BCUT2D eigenvalue weighted by Gasteiger charge is 2.47. The number of esters is 1. The van der Waals surface area contributed by atoms with Crippen LogP contribution in [0.4, 0.5) is 0 Å². The number of carbonyl (C=O) groups excluding carboxylic acids is 3. The van der Waals surface area contributed by atoms with Gasteiger partial charge in [0.15, 0.2) is 12.1 Å². The van der Waals surface area contributed by atoms with Gasteiger partial charge in [-0.2, -0.15) is 0 Å². The largest absolute Gasteiger partial charge is 0.462 e. The second-order valence-corrected chi connectivity index (χ2v) is 12.1. The van der Waals surface area contributed by atoms with Crippen LogP contribution >= 0.6 is 0 Å². The summed E-state index contributed by atoms with van der Waals surface area (Å²) in [6.07, 6.45) is -1.12. The fourth-order valence-corrected chi connectivity index (χ4v) is 5.93. The average molecular weight is 598 g/mol. The molecule has 0 bridgehead atoms. The number of ketones is 1. The molecule has 42 heavy (non-hydrogen) atoms. The Labute approximate surface area is 249 Å². The smallest absolute Gasteiger partial charge is 0.308 e. The number of allylic oxidation sites excluding steroid dienone is 3. The normalized spacial score (nSPS) is 41.6. The van der Waals surface area contributed by atoms with Crippen molar-refractivity contribution in [1.82, 2.24) is 4.90 Å². The van der Waals surface area contributed by atoms with Crippen molar-refractivity contribution in [2.75, 3.05) is 20.7 Å². The third kappa shape index (κ3) is 9.51. The minimum Gasteiger partial charge on any atom is -0.462 e. The van der Waals surface area contributed by atoms with Crippen molar-refractivity contribution in [3.8, 4) is 0 Å². The lowest BCUT2D eigenvalue weighted by molar-refractivity contribution is -0.304. The summed E-state index contributed by atoms with van der Waals surface area (Å²) < 4.78 is 17.9. The average Bonchev–Trinajstić information content (AvgIpc) is 2.93. The number of likely N-dealkylation sites (N-methyl/N-ethyl adjacent to an activating group) is 1. The van der Waals surface area contributed by atoms with E-state index in [1.807, 2.05) is 6.92 Å². The van der Waals surface area contributed by atoms with Gasteiger partial charge in [-0.15, -0.1) is 0 Å². The first kappa shape index (κ1) is 36.2. The van der Waals surface area contributed by atoms with E-state index < -0.39 is 78.6 Å². The predicted molar refractivity (Wildman–Crippen MR) is 155 cm³/mol. The molecule has 11 nitrogen and oxygen atoms in total. The van der Waals surface area contributed by atoms with E-state index in [0.29, 0.717) is 12.0 Å². The Kier molecular flexibility index (Phi) is 14.4. The maximum atomic E-state index is 13.1. The van der Waals surface area contributed by atoms with Crippen LogP contribution in [0, 0.1) is 23.7 Å². The SMILES string of the molecule is CC[C@H]1OC(=O)C[C@@H](O)[C@H](C)C(O[C@@H]2O[C@H](C)[C@@H](O)C(N(C)C)C2O)[C@@H](CC=O)C[C@@H](C)C(=O)/C=C/C(C)=C/[C@@H]1CO. The van der Waals surface area contributed by atoms with Gasteiger partial charge in [-0.25, -0.2) is 0 Å². The van der Waals surface area contributed by atoms with Crippen LogP contribution < -0.4 is 0 Å². The van der Waals surface area contributed by atoms with Crippen molar-refractivity contribution in [3.05, 3.63) is 23.8 Å². The summed E-state index contributed by atoms with van der Waals surface area (Å²) in [6, 6.07) is -0.711. The maximum absolute atomic E-state index is 13.1. The fourth-order valence-electron chi connectivity index (χ4n) is 5.93. The third-order valence-corrected chi connectivity index (χ3v) is 8.56. The molecule has 3 unspecified atom stereocenters. The van der Waals surface area contributed by atoms with E-state index in [-0.39, 0.29) is 31.7 Å². The van der Waals surface area contributed by atoms with E-state index in [0.717, 1.165) is 6.29 Å². The number of cyclic esters (lactones) is 1.